The quantitative estimate of drug-likeness (QED) is 0.363. The van der Waals surface area contributed by atoms with Gasteiger partial charge in [-0.15, -0.1) is 0 Å². The van der Waals surface area contributed by atoms with Crippen molar-refractivity contribution >= 4 is 0 Å². The zero-order valence-corrected chi connectivity index (χ0v) is 10.8. The molecule has 0 bridgehead atoms. The van der Waals surface area contributed by atoms with Crippen molar-refractivity contribution in [3.8, 4) is 0 Å². The van der Waals surface area contributed by atoms with E-state index in [2.05, 4.69) is 6.92 Å². The van der Waals surface area contributed by atoms with Gasteiger partial charge in [0.15, 0.2) is 0 Å². The lowest BCUT2D eigenvalue weighted by Crippen LogP contribution is -1.92. The first-order chi connectivity index (χ1) is 7.31. The maximum absolute atomic E-state index is 5.50. The summed E-state index contributed by atoms with van der Waals surface area (Å²) in [5, 5.41) is 0. The largest absolute Gasteiger partial charge is 0.499 e. The molecule has 15 heavy (non-hydrogen) atoms. The number of ether oxygens (including phenoxy) is 1. The van der Waals surface area contributed by atoms with Crippen molar-refractivity contribution in [3.63, 3.8) is 0 Å². The van der Waals surface area contributed by atoms with Crippen molar-refractivity contribution in [2.45, 2.75) is 72.1 Å². The van der Waals surface area contributed by atoms with Crippen LogP contribution < -0.4 is 0 Å². The van der Waals surface area contributed by atoms with Gasteiger partial charge < -0.3 is 4.74 Å². The lowest BCUT2D eigenvalue weighted by Gasteiger charge is -2.05. The van der Waals surface area contributed by atoms with Crippen LogP contribution in [0.1, 0.15) is 72.1 Å². The molecule has 0 aromatic carbocycles. The monoisotopic (exact) mass is 212 g/mol. The second-order valence-corrected chi connectivity index (χ2v) is 4.22. The van der Waals surface area contributed by atoms with Gasteiger partial charge in [0, 0.05) is 0 Å². The molecule has 0 aliphatic rings. The van der Waals surface area contributed by atoms with E-state index in [0.29, 0.717) is 0 Å². The van der Waals surface area contributed by atoms with E-state index in [0.717, 1.165) is 12.4 Å². The van der Waals surface area contributed by atoms with Gasteiger partial charge in [-0.2, -0.15) is 0 Å². The molecule has 0 heterocycles. The summed E-state index contributed by atoms with van der Waals surface area (Å²) in [7, 11) is 0. The van der Waals surface area contributed by atoms with Gasteiger partial charge in [-0.1, -0.05) is 57.9 Å². The molecule has 0 spiro atoms. The summed E-state index contributed by atoms with van der Waals surface area (Å²) in [6.45, 7) is 7.19. The third-order valence-electron chi connectivity index (χ3n) is 2.73. The maximum Gasteiger partial charge on any atom is 0.0886 e. The summed E-state index contributed by atoms with van der Waals surface area (Å²) in [6.07, 6.45) is 12.9. The van der Waals surface area contributed by atoms with Crippen LogP contribution >= 0.6 is 0 Å². The van der Waals surface area contributed by atoms with Crippen LogP contribution in [0.25, 0.3) is 0 Å². The Balaban J connectivity index is 2.99. The summed E-state index contributed by atoms with van der Waals surface area (Å²) in [6, 6.07) is 0. The molecule has 0 rings (SSSR count). The van der Waals surface area contributed by atoms with Crippen LogP contribution in [0.4, 0.5) is 0 Å². The summed E-state index contributed by atoms with van der Waals surface area (Å²) in [5.74, 6) is 1.05. The fraction of sp³-hybridized carbons (Fsp3) is 0.857. The molecule has 0 aromatic rings. The van der Waals surface area contributed by atoms with Crippen molar-refractivity contribution in [3.05, 3.63) is 11.8 Å². The molecule has 0 unspecified atom stereocenters. The van der Waals surface area contributed by atoms with E-state index in [1.54, 1.807) is 0 Å². The third kappa shape index (κ3) is 11.5. The first kappa shape index (κ1) is 14.5. The zero-order valence-electron chi connectivity index (χ0n) is 10.8. The molecule has 0 N–H and O–H groups in total. The molecule has 0 aliphatic heterocycles. The predicted octanol–water partition coefficient (Wildman–Crippen LogP) is 5.07. The van der Waals surface area contributed by atoms with Crippen LogP contribution in [-0.2, 0) is 4.74 Å². The molecule has 0 saturated carbocycles. The van der Waals surface area contributed by atoms with Crippen LogP contribution in [0.3, 0.4) is 0 Å². The Kier molecular flexibility index (Phi) is 11.3. The number of allylic oxidation sites excluding steroid dienone is 2. The lowest BCUT2D eigenvalue weighted by molar-refractivity contribution is 0.206. The van der Waals surface area contributed by atoms with Gasteiger partial charge in [-0.25, -0.2) is 0 Å². The Morgan fingerprint density at radius 2 is 1.47 bits per heavy atom. The Bertz CT molecular complexity index is 149. The molecule has 0 amide bonds. The summed E-state index contributed by atoms with van der Waals surface area (Å²) in [5.41, 5.74) is 0. The van der Waals surface area contributed by atoms with Crippen LogP contribution in [0.2, 0.25) is 0 Å². The summed E-state index contributed by atoms with van der Waals surface area (Å²) in [4.78, 5) is 0. The van der Waals surface area contributed by atoms with Gasteiger partial charge in [0.2, 0.25) is 0 Å². The van der Waals surface area contributed by atoms with Gasteiger partial charge in [0.1, 0.15) is 0 Å². The van der Waals surface area contributed by atoms with E-state index in [1.165, 1.54) is 51.4 Å². The van der Waals surface area contributed by atoms with Gasteiger partial charge in [-0.3, -0.25) is 0 Å². The zero-order chi connectivity index (χ0) is 11.4. The molecule has 0 saturated heterocycles. The fourth-order valence-corrected chi connectivity index (χ4v) is 1.55. The van der Waals surface area contributed by atoms with Crippen molar-refractivity contribution in [2.24, 2.45) is 0 Å². The highest BCUT2D eigenvalue weighted by atomic mass is 16.5. The second-order valence-electron chi connectivity index (χ2n) is 4.22. The van der Waals surface area contributed by atoms with Gasteiger partial charge in [-0.05, 0) is 20.3 Å². The van der Waals surface area contributed by atoms with Crippen LogP contribution in [0.15, 0.2) is 11.8 Å². The molecule has 1 nitrogen and oxygen atoms in total. The van der Waals surface area contributed by atoms with Crippen LogP contribution in [0, 0.1) is 0 Å². The molecule has 1 heteroatoms. The average molecular weight is 212 g/mol. The molecular formula is C14H28O. The highest BCUT2D eigenvalue weighted by molar-refractivity contribution is 4.83. The normalized spacial score (nSPS) is 11.8. The van der Waals surface area contributed by atoms with E-state index in [9.17, 15) is 0 Å². The van der Waals surface area contributed by atoms with Crippen LogP contribution in [0.5, 0.6) is 0 Å². The Morgan fingerprint density at radius 3 is 2.00 bits per heavy atom. The molecule has 0 aliphatic carbocycles. The molecule has 0 radical (unpaired) electrons. The average Bonchev–Trinajstić information content (AvgIpc) is 2.26. The minimum atomic E-state index is 0.894. The molecule has 0 atom stereocenters. The smallest absolute Gasteiger partial charge is 0.0886 e. The second kappa shape index (κ2) is 11.6. The highest BCUT2D eigenvalue weighted by Crippen LogP contribution is 2.08. The highest BCUT2D eigenvalue weighted by Gasteiger charge is 1.92. The third-order valence-corrected chi connectivity index (χ3v) is 2.73. The Morgan fingerprint density at radius 1 is 0.933 bits per heavy atom. The maximum atomic E-state index is 5.50. The van der Waals surface area contributed by atoms with E-state index in [4.69, 9.17) is 4.74 Å². The number of hydrogen-bond acceptors (Lipinski definition) is 1. The van der Waals surface area contributed by atoms with E-state index >= 15 is 0 Å². The van der Waals surface area contributed by atoms with E-state index < -0.39 is 0 Å². The van der Waals surface area contributed by atoms with E-state index in [1.807, 2.05) is 19.9 Å². The first-order valence-electron chi connectivity index (χ1n) is 6.57. The van der Waals surface area contributed by atoms with E-state index in [-0.39, 0.29) is 0 Å². The minimum absolute atomic E-state index is 0.894. The standard InChI is InChI=1S/C14H28O/c1-4-6-7-8-9-10-11-12-13-15-14(3)5-2/h5H,4,6-13H2,1-3H3. The SMILES string of the molecule is CC=C(C)OCCCCCCCCCC. The van der Waals surface area contributed by atoms with Gasteiger partial charge in [0.05, 0.1) is 12.4 Å². The Labute approximate surface area is 95.9 Å². The molecule has 90 valence electrons. The summed E-state index contributed by atoms with van der Waals surface area (Å²) >= 11 is 0. The molecular weight excluding hydrogens is 184 g/mol. The number of rotatable bonds is 10. The van der Waals surface area contributed by atoms with Gasteiger partial charge in [0.25, 0.3) is 0 Å². The number of unbranched alkanes of at least 4 members (excludes halogenated alkanes) is 7. The predicted molar refractivity (Wildman–Crippen MR) is 68.0 cm³/mol. The van der Waals surface area contributed by atoms with Crippen molar-refractivity contribution < 1.29 is 4.74 Å². The molecule has 0 fully saturated rings. The summed E-state index contributed by atoms with van der Waals surface area (Å²) < 4.78 is 5.50. The van der Waals surface area contributed by atoms with Crippen molar-refractivity contribution in [1.82, 2.24) is 0 Å². The van der Waals surface area contributed by atoms with Crippen molar-refractivity contribution in [1.29, 1.82) is 0 Å². The lowest BCUT2D eigenvalue weighted by atomic mass is 10.1. The first-order valence-corrected chi connectivity index (χ1v) is 6.57. The van der Waals surface area contributed by atoms with Crippen LogP contribution in [-0.4, -0.2) is 6.61 Å². The number of hydrogen-bond donors (Lipinski definition) is 0. The van der Waals surface area contributed by atoms with Crippen molar-refractivity contribution in [2.75, 3.05) is 6.61 Å². The van der Waals surface area contributed by atoms with Gasteiger partial charge >= 0.3 is 0 Å². The topological polar surface area (TPSA) is 9.23 Å². The minimum Gasteiger partial charge on any atom is -0.499 e. The molecule has 0 aromatic heterocycles. The Hall–Kier alpha value is -0.460. The fourth-order valence-electron chi connectivity index (χ4n) is 1.55.